The lowest BCUT2D eigenvalue weighted by Crippen LogP contribution is -2.55. The van der Waals surface area contributed by atoms with Crippen molar-refractivity contribution in [3.8, 4) is 0 Å². The van der Waals surface area contributed by atoms with Gasteiger partial charge >= 0.3 is 0 Å². The van der Waals surface area contributed by atoms with Crippen LogP contribution in [0, 0.1) is 23.2 Å². The number of hydrogen-bond acceptors (Lipinski definition) is 2. The lowest BCUT2D eigenvalue weighted by molar-refractivity contribution is -0.142. The Morgan fingerprint density at radius 1 is 1.35 bits per heavy atom. The minimum absolute atomic E-state index is 0.0746. The summed E-state index contributed by atoms with van der Waals surface area (Å²) >= 11 is 0. The van der Waals surface area contributed by atoms with E-state index in [-0.39, 0.29) is 17.4 Å². The van der Waals surface area contributed by atoms with E-state index in [1.165, 1.54) is 12.0 Å². The summed E-state index contributed by atoms with van der Waals surface area (Å²) in [5.74, 6) is 1.13. The van der Waals surface area contributed by atoms with Gasteiger partial charge < -0.3 is 10.2 Å². The maximum absolute atomic E-state index is 10.8. The van der Waals surface area contributed by atoms with Gasteiger partial charge in [-0.2, -0.15) is 0 Å². The molecule has 0 aliphatic heterocycles. The van der Waals surface area contributed by atoms with Gasteiger partial charge in [0.1, 0.15) is 0 Å². The van der Waals surface area contributed by atoms with Crippen LogP contribution in [-0.2, 0) is 0 Å². The monoisotopic (exact) mass is 236 g/mol. The van der Waals surface area contributed by atoms with Crippen molar-refractivity contribution in [1.29, 1.82) is 0 Å². The van der Waals surface area contributed by atoms with Crippen LogP contribution in [0.25, 0.3) is 0 Å². The van der Waals surface area contributed by atoms with Gasteiger partial charge in [-0.3, -0.25) is 0 Å². The van der Waals surface area contributed by atoms with E-state index in [4.69, 9.17) is 0 Å². The van der Waals surface area contributed by atoms with Crippen LogP contribution in [0.2, 0.25) is 0 Å². The standard InChI is InChI=1S/C15H24O2/c1-9-4-5-15-8-11(9)7-14(3,17)13(15)12(16)6-10(15)2/h4,10-13,16-17H,5-8H2,1-3H3/t10-,11-,12+,13+,14+,15+/m0/s1. The van der Waals surface area contributed by atoms with Gasteiger partial charge in [0.25, 0.3) is 0 Å². The number of rotatable bonds is 0. The van der Waals surface area contributed by atoms with Gasteiger partial charge in [0.05, 0.1) is 11.7 Å². The van der Waals surface area contributed by atoms with Crippen molar-refractivity contribution in [3.05, 3.63) is 11.6 Å². The molecule has 0 radical (unpaired) electrons. The van der Waals surface area contributed by atoms with Crippen molar-refractivity contribution in [2.75, 3.05) is 0 Å². The zero-order chi connectivity index (χ0) is 12.4. The summed E-state index contributed by atoms with van der Waals surface area (Å²) in [6.45, 7) is 6.40. The summed E-state index contributed by atoms with van der Waals surface area (Å²) in [6, 6.07) is 0. The number of aliphatic hydroxyl groups excluding tert-OH is 1. The first-order valence-corrected chi connectivity index (χ1v) is 6.94. The molecule has 0 aromatic rings. The molecule has 0 saturated heterocycles. The highest BCUT2D eigenvalue weighted by Crippen LogP contribution is 2.64. The minimum Gasteiger partial charge on any atom is -0.393 e. The molecule has 0 aromatic heterocycles. The van der Waals surface area contributed by atoms with E-state index in [1.807, 2.05) is 6.92 Å². The number of aliphatic hydroxyl groups is 2. The summed E-state index contributed by atoms with van der Waals surface area (Å²) in [5, 5.41) is 21.1. The molecule has 3 aliphatic carbocycles. The molecule has 3 aliphatic rings. The Balaban J connectivity index is 2.09. The topological polar surface area (TPSA) is 40.5 Å². The van der Waals surface area contributed by atoms with E-state index in [0.717, 1.165) is 19.3 Å². The molecule has 6 atom stereocenters. The molecule has 2 N–H and O–H groups in total. The third-order valence-electron chi connectivity index (χ3n) is 5.98. The minimum atomic E-state index is -0.692. The lowest BCUT2D eigenvalue weighted by atomic mass is 9.51. The molecule has 1 spiro atoms. The van der Waals surface area contributed by atoms with E-state index < -0.39 is 5.60 Å². The second-order valence-electron chi connectivity index (χ2n) is 7.03. The highest BCUT2D eigenvalue weighted by Gasteiger charge is 2.62. The van der Waals surface area contributed by atoms with Gasteiger partial charge in [-0.25, -0.2) is 0 Å². The van der Waals surface area contributed by atoms with Crippen molar-refractivity contribution in [2.24, 2.45) is 23.2 Å². The zero-order valence-electron chi connectivity index (χ0n) is 11.1. The van der Waals surface area contributed by atoms with Gasteiger partial charge in [0, 0.05) is 5.92 Å². The highest BCUT2D eigenvalue weighted by molar-refractivity contribution is 5.23. The SMILES string of the molecule is CC1=CC[C@]23C[C@@H]1C[C@@](C)(O)[C@H]2[C@H](O)C[C@@H]3C. The van der Waals surface area contributed by atoms with Crippen molar-refractivity contribution in [1.82, 2.24) is 0 Å². The van der Waals surface area contributed by atoms with Crippen LogP contribution in [0.5, 0.6) is 0 Å². The fourth-order valence-corrected chi connectivity index (χ4v) is 5.19. The normalized spacial score (nSPS) is 57.6. The Bertz CT molecular complexity index is 371. The molecule has 2 fully saturated rings. The molecule has 0 heterocycles. The van der Waals surface area contributed by atoms with Crippen LogP contribution < -0.4 is 0 Å². The Labute approximate surface area is 104 Å². The third kappa shape index (κ3) is 1.40. The molecule has 0 amide bonds. The smallest absolute Gasteiger partial charge is 0.0683 e. The van der Waals surface area contributed by atoms with Crippen LogP contribution >= 0.6 is 0 Å². The van der Waals surface area contributed by atoms with Gasteiger partial charge in [-0.15, -0.1) is 0 Å². The van der Waals surface area contributed by atoms with Crippen LogP contribution in [0.15, 0.2) is 11.6 Å². The molecule has 2 bridgehead atoms. The fourth-order valence-electron chi connectivity index (χ4n) is 5.19. The first-order valence-electron chi connectivity index (χ1n) is 6.94. The predicted octanol–water partition coefficient (Wildman–Crippen LogP) is 2.50. The van der Waals surface area contributed by atoms with Crippen molar-refractivity contribution < 1.29 is 10.2 Å². The van der Waals surface area contributed by atoms with Crippen molar-refractivity contribution in [3.63, 3.8) is 0 Å². The third-order valence-corrected chi connectivity index (χ3v) is 5.98. The molecule has 3 rings (SSSR count). The molecule has 2 saturated carbocycles. The fraction of sp³-hybridized carbons (Fsp3) is 0.867. The molecule has 0 unspecified atom stereocenters. The summed E-state index contributed by atoms with van der Waals surface area (Å²) in [5.41, 5.74) is 0.913. The number of allylic oxidation sites excluding steroid dienone is 2. The van der Waals surface area contributed by atoms with Crippen LogP contribution in [0.4, 0.5) is 0 Å². The van der Waals surface area contributed by atoms with Gasteiger partial charge in [-0.05, 0) is 56.8 Å². The molecule has 17 heavy (non-hydrogen) atoms. The maximum Gasteiger partial charge on any atom is 0.0683 e. The largest absolute Gasteiger partial charge is 0.393 e. The Morgan fingerprint density at radius 3 is 2.76 bits per heavy atom. The number of fused-ring (bicyclic) bond motifs is 1. The molecular weight excluding hydrogens is 212 g/mol. The molecule has 0 aromatic carbocycles. The molecule has 96 valence electrons. The predicted molar refractivity (Wildman–Crippen MR) is 67.4 cm³/mol. The van der Waals surface area contributed by atoms with Crippen LogP contribution in [0.3, 0.4) is 0 Å². The quantitative estimate of drug-likeness (QED) is 0.634. The maximum atomic E-state index is 10.8. The van der Waals surface area contributed by atoms with Gasteiger partial charge in [0.2, 0.25) is 0 Å². The average Bonchev–Trinajstić information content (AvgIpc) is 2.45. The lowest BCUT2D eigenvalue weighted by Gasteiger charge is -2.55. The average molecular weight is 236 g/mol. The van der Waals surface area contributed by atoms with Crippen LogP contribution in [-0.4, -0.2) is 21.9 Å². The van der Waals surface area contributed by atoms with E-state index in [0.29, 0.717) is 11.8 Å². The number of hydrogen-bond donors (Lipinski definition) is 2. The highest BCUT2D eigenvalue weighted by atomic mass is 16.3. The second kappa shape index (κ2) is 3.36. The van der Waals surface area contributed by atoms with Crippen molar-refractivity contribution in [2.45, 2.75) is 58.2 Å². The van der Waals surface area contributed by atoms with E-state index >= 15 is 0 Å². The summed E-state index contributed by atoms with van der Waals surface area (Å²) in [4.78, 5) is 0. The van der Waals surface area contributed by atoms with E-state index in [1.54, 1.807) is 0 Å². The van der Waals surface area contributed by atoms with Gasteiger partial charge in [-0.1, -0.05) is 18.6 Å². The summed E-state index contributed by atoms with van der Waals surface area (Å²) in [6.07, 6.45) is 5.97. The summed E-state index contributed by atoms with van der Waals surface area (Å²) in [7, 11) is 0. The van der Waals surface area contributed by atoms with E-state index in [9.17, 15) is 10.2 Å². The zero-order valence-corrected chi connectivity index (χ0v) is 11.1. The molecular formula is C15H24O2. The van der Waals surface area contributed by atoms with Crippen LogP contribution in [0.1, 0.15) is 46.5 Å². The molecule has 2 nitrogen and oxygen atoms in total. The first kappa shape index (κ1) is 11.7. The van der Waals surface area contributed by atoms with Gasteiger partial charge in [0.15, 0.2) is 0 Å². The Morgan fingerprint density at radius 2 is 2.06 bits per heavy atom. The first-order chi connectivity index (χ1) is 7.87. The molecule has 2 heteroatoms. The Kier molecular flexibility index (Phi) is 2.32. The van der Waals surface area contributed by atoms with E-state index in [2.05, 4.69) is 19.9 Å². The van der Waals surface area contributed by atoms with Crippen molar-refractivity contribution >= 4 is 0 Å². The summed E-state index contributed by atoms with van der Waals surface area (Å²) < 4.78 is 0. The second-order valence-corrected chi connectivity index (χ2v) is 7.03. The Hall–Kier alpha value is -0.340.